The lowest BCUT2D eigenvalue weighted by atomic mass is 9.96. The Balaban J connectivity index is 1.37. The fourth-order valence-electron chi connectivity index (χ4n) is 4.47. The zero-order valence-electron chi connectivity index (χ0n) is 16.6. The number of benzene rings is 1. The van der Waals surface area contributed by atoms with Crippen LogP contribution in [0.1, 0.15) is 63.2 Å². The number of piperidine rings is 1. The molecule has 0 spiro atoms. The Labute approximate surface area is 166 Å². The van der Waals surface area contributed by atoms with Crippen LogP contribution in [-0.4, -0.2) is 41.1 Å². The molecule has 1 aromatic carbocycles. The van der Waals surface area contributed by atoms with Crippen LogP contribution >= 0.6 is 0 Å². The third-order valence-electron chi connectivity index (χ3n) is 6.13. The molecule has 1 aliphatic heterocycles. The van der Waals surface area contributed by atoms with E-state index in [4.69, 9.17) is 9.26 Å². The Morgan fingerprint density at radius 1 is 1.25 bits per heavy atom. The van der Waals surface area contributed by atoms with Gasteiger partial charge in [0.1, 0.15) is 5.75 Å². The molecule has 2 aliphatic rings. The van der Waals surface area contributed by atoms with Gasteiger partial charge in [-0.1, -0.05) is 43.0 Å². The maximum absolute atomic E-state index is 12.7. The van der Waals surface area contributed by atoms with E-state index in [1.54, 1.807) is 7.11 Å². The maximum Gasteiger partial charge on any atom is 0.231 e. The van der Waals surface area contributed by atoms with Crippen LogP contribution in [0.4, 0.5) is 0 Å². The van der Waals surface area contributed by atoms with Crippen LogP contribution in [0, 0.1) is 5.92 Å². The normalized spacial score (nSPS) is 20.5. The molecule has 2 heterocycles. The minimum atomic E-state index is 0.121. The van der Waals surface area contributed by atoms with Gasteiger partial charge in [0.15, 0.2) is 0 Å². The highest BCUT2D eigenvalue weighted by Crippen LogP contribution is 2.31. The van der Waals surface area contributed by atoms with Gasteiger partial charge in [-0.25, -0.2) is 0 Å². The molecule has 150 valence electrons. The van der Waals surface area contributed by atoms with Crippen molar-refractivity contribution in [3.05, 3.63) is 30.2 Å². The standard InChI is InChI=1S/C22H29N3O3/c1-27-19-10-4-8-17(14-19)21-23-22(28-24-21)18-9-5-13-25(15-18)20(26)12-11-16-6-2-3-7-16/h4,8,10,14,16,18H,2-3,5-7,9,11-13,15H2,1H3/t18-/m0/s1. The number of nitrogens with zero attached hydrogens (tertiary/aromatic N) is 3. The monoisotopic (exact) mass is 383 g/mol. The molecule has 1 aromatic heterocycles. The molecule has 1 atom stereocenters. The Kier molecular flexibility index (Phi) is 5.93. The SMILES string of the molecule is COc1cccc(-c2noc([C@H]3CCCN(C(=O)CCC4CCCC4)C3)n2)c1. The summed E-state index contributed by atoms with van der Waals surface area (Å²) in [5.41, 5.74) is 0.870. The molecule has 1 amide bonds. The van der Waals surface area contributed by atoms with Crippen LogP contribution in [-0.2, 0) is 4.79 Å². The van der Waals surface area contributed by atoms with E-state index in [2.05, 4.69) is 10.1 Å². The third-order valence-corrected chi connectivity index (χ3v) is 6.13. The number of aromatic nitrogens is 2. The number of rotatable bonds is 6. The van der Waals surface area contributed by atoms with Gasteiger partial charge in [-0.15, -0.1) is 0 Å². The quantitative estimate of drug-likeness (QED) is 0.738. The highest BCUT2D eigenvalue weighted by molar-refractivity contribution is 5.76. The van der Waals surface area contributed by atoms with Crippen molar-refractivity contribution >= 4 is 5.91 Å². The topological polar surface area (TPSA) is 68.5 Å². The van der Waals surface area contributed by atoms with Crippen molar-refractivity contribution in [2.75, 3.05) is 20.2 Å². The number of carbonyl (C=O) groups excluding carboxylic acids is 1. The molecular weight excluding hydrogens is 354 g/mol. The van der Waals surface area contributed by atoms with Crippen molar-refractivity contribution in [2.24, 2.45) is 5.92 Å². The molecule has 1 saturated carbocycles. The predicted molar refractivity (Wildman–Crippen MR) is 106 cm³/mol. The van der Waals surface area contributed by atoms with Gasteiger partial charge in [0, 0.05) is 25.1 Å². The molecule has 0 bridgehead atoms. The Bertz CT molecular complexity index is 798. The summed E-state index contributed by atoms with van der Waals surface area (Å²) in [4.78, 5) is 19.3. The van der Waals surface area contributed by atoms with Crippen molar-refractivity contribution in [3.63, 3.8) is 0 Å². The average Bonchev–Trinajstić information content (AvgIpc) is 3.44. The van der Waals surface area contributed by atoms with Gasteiger partial charge in [-0.3, -0.25) is 4.79 Å². The van der Waals surface area contributed by atoms with E-state index in [1.807, 2.05) is 29.2 Å². The van der Waals surface area contributed by atoms with Crippen molar-refractivity contribution in [1.29, 1.82) is 0 Å². The first-order chi connectivity index (χ1) is 13.7. The van der Waals surface area contributed by atoms with E-state index >= 15 is 0 Å². The highest BCUT2D eigenvalue weighted by atomic mass is 16.5. The van der Waals surface area contributed by atoms with Crippen LogP contribution in [0.2, 0.25) is 0 Å². The summed E-state index contributed by atoms with van der Waals surface area (Å²) < 4.78 is 10.8. The first-order valence-corrected chi connectivity index (χ1v) is 10.5. The summed E-state index contributed by atoms with van der Waals surface area (Å²) in [5.74, 6) is 3.12. The molecule has 28 heavy (non-hydrogen) atoms. The minimum absolute atomic E-state index is 0.121. The number of hydrogen-bond acceptors (Lipinski definition) is 5. The number of ether oxygens (including phenoxy) is 1. The van der Waals surface area contributed by atoms with E-state index in [-0.39, 0.29) is 11.8 Å². The van der Waals surface area contributed by atoms with Crippen molar-refractivity contribution in [2.45, 2.75) is 57.3 Å². The molecule has 6 nitrogen and oxygen atoms in total. The van der Waals surface area contributed by atoms with Gasteiger partial charge in [0.05, 0.1) is 13.0 Å². The molecule has 6 heteroatoms. The summed E-state index contributed by atoms with van der Waals surface area (Å²) in [5, 5.41) is 4.15. The van der Waals surface area contributed by atoms with Gasteiger partial charge in [0.25, 0.3) is 0 Å². The molecule has 4 rings (SSSR count). The summed E-state index contributed by atoms with van der Waals surface area (Å²) in [6, 6.07) is 7.64. The lowest BCUT2D eigenvalue weighted by Crippen LogP contribution is -2.39. The van der Waals surface area contributed by atoms with Crippen LogP contribution in [0.25, 0.3) is 11.4 Å². The third kappa shape index (κ3) is 4.37. The van der Waals surface area contributed by atoms with E-state index in [1.165, 1.54) is 25.7 Å². The lowest BCUT2D eigenvalue weighted by Gasteiger charge is -2.31. The first-order valence-electron chi connectivity index (χ1n) is 10.5. The molecule has 1 saturated heterocycles. The van der Waals surface area contributed by atoms with Gasteiger partial charge < -0.3 is 14.2 Å². The van der Waals surface area contributed by atoms with E-state index in [0.29, 0.717) is 24.7 Å². The zero-order valence-corrected chi connectivity index (χ0v) is 16.6. The van der Waals surface area contributed by atoms with E-state index in [0.717, 1.165) is 43.0 Å². The first kappa shape index (κ1) is 19.0. The van der Waals surface area contributed by atoms with Gasteiger partial charge >= 0.3 is 0 Å². The van der Waals surface area contributed by atoms with Crippen LogP contribution in [0.5, 0.6) is 5.75 Å². The van der Waals surface area contributed by atoms with Crippen LogP contribution < -0.4 is 4.74 Å². The van der Waals surface area contributed by atoms with E-state index in [9.17, 15) is 4.79 Å². The Morgan fingerprint density at radius 3 is 2.93 bits per heavy atom. The molecule has 0 N–H and O–H groups in total. The fraction of sp³-hybridized carbons (Fsp3) is 0.591. The molecule has 0 radical (unpaired) electrons. The van der Waals surface area contributed by atoms with Crippen LogP contribution in [0.15, 0.2) is 28.8 Å². The lowest BCUT2D eigenvalue weighted by molar-refractivity contribution is -0.132. The number of amides is 1. The molecule has 2 fully saturated rings. The van der Waals surface area contributed by atoms with Gasteiger partial charge in [0.2, 0.25) is 17.6 Å². The van der Waals surface area contributed by atoms with Crippen LogP contribution in [0.3, 0.4) is 0 Å². The Morgan fingerprint density at radius 2 is 2.11 bits per heavy atom. The summed E-state index contributed by atoms with van der Waals surface area (Å²) in [7, 11) is 1.64. The number of carbonyl (C=O) groups is 1. The van der Waals surface area contributed by atoms with E-state index < -0.39 is 0 Å². The number of hydrogen-bond donors (Lipinski definition) is 0. The molecular formula is C22H29N3O3. The van der Waals surface area contributed by atoms with Crippen molar-refractivity contribution in [1.82, 2.24) is 15.0 Å². The van der Waals surface area contributed by atoms with Crippen molar-refractivity contribution in [3.8, 4) is 17.1 Å². The Hall–Kier alpha value is -2.37. The number of likely N-dealkylation sites (tertiary alicyclic amines) is 1. The second kappa shape index (κ2) is 8.76. The summed E-state index contributed by atoms with van der Waals surface area (Å²) in [6.07, 6.45) is 8.93. The molecule has 1 aliphatic carbocycles. The number of methoxy groups -OCH3 is 1. The van der Waals surface area contributed by atoms with Gasteiger partial charge in [-0.05, 0) is 37.3 Å². The smallest absolute Gasteiger partial charge is 0.231 e. The maximum atomic E-state index is 12.7. The minimum Gasteiger partial charge on any atom is -0.497 e. The second-order valence-electron chi connectivity index (χ2n) is 8.06. The second-order valence-corrected chi connectivity index (χ2v) is 8.06. The average molecular weight is 383 g/mol. The highest BCUT2D eigenvalue weighted by Gasteiger charge is 2.29. The van der Waals surface area contributed by atoms with Gasteiger partial charge in [-0.2, -0.15) is 4.98 Å². The largest absolute Gasteiger partial charge is 0.497 e. The summed E-state index contributed by atoms with van der Waals surface area (Å²) >= 11 is 0. The summed E-state index contributed by atoms with van der Waals surface area (Å²) in [6.45, 7) is 1.53. The predicted octanol–water partition coefficient (Wildman–Crippen LogP) is 4.42. The molecule has 2 aromatic rings. The fourth-order valence-corrected chi connectivity index (χ4v) is 4.47. The van der Waals surface area contributed by atoms with Crippen molar-refractivity contribution < 1.29 is 14.1 Å². The zero-order chi connectivity index (χ0) is 19.3. The molecule has 0 unspecified atom stereocenters.